The van der Waals surface area contributed by atoms with Gasteiger partial charge in [0.2, 0.25) is 0 Å². The van der Waals surface area contributed by atoms with Crippen LogP contribution in [0.4, 0.5) is 5.00 Å². The Morgan fingerprint density at radius 3 is 2.69 bits per heavy atom. The lowest BCUT2D eigenvalue weighted by Crippen LogP contribution is -2.30. The van der Waals surface area contributed by atoms with E-state index in [1.54, 1.807) is 13.1 Å². The molecule has 0 saturated heterocycles. The van der Waals surface area contributed by atoms with Gasteiger partial charge in [-0.3, -0.25) is 19.2 Å². The van der Waals surface area contributed by atoms with Crippen LogP contribution < -0.4 is 11.1 Å². The summed E-state index contributed by atoms with van der Waals surface area (Å²) in [5.74, 6) is -0.800. The Morgan fingerprint density at radius 2 is 2.03 bits per heavy atom. The first-order valence-corrected chi connectivity index (χ1v) is 10.3. The minimum Gasteiger partial charge on any atom is -0.365 e. The van der Waals surface area contributed by atoms with Gasteiger partial charge in [-0.05, 0) is 30.5 Å². The summed E-state index contributed by atoms with van der Waals surface area (Å²) in [4.78, 5) is 28.3. The highest BCUT2D eigenvalue weighted by atomic mass is 32.1. The Kier molecular flexibility index (Phi) is 5.21. The molecule has 3 aromatic rings. The number of nitrogens with zero attached hydrogens (tertiary/aromatic N) is 3. The van der Waals surface area contributed by atoms with Gasteiger partial charge in [0, 0.05) is 31.6 Å². The van der Waals surface area contributed by atoms with Crippen LogP contribution in [0.15, 0.2) is 36.4 Å². The molecular formula is C21H23N5O2S. The van der Waals surface area contributed by atoms with Gasteiger partial charge in [-0.25, -0.2) is 0 Å². The van der Waals surface area contributed by atoms with E-state index in [-0.39, 0.29) is 5.91 Å². The Balaban J connectivity index is 1.58. The first-order chi connectivity index (χ1) is 13.9. The van der Waals surface area contributed by atoms with Crippen molar-refractivity contribution >= 4 is 28.2 Å². The summed E-state index contributed by atoms with van der Waals surface area (Å²) in [6.07, 6.45) is 0.734. The monoisotopic (exact) mass is 409 g/mol. The second kappa shape index (κ2) is 7.81. The van der Waals surface area contributed by atoms with Crippen LogP contribution in [-0.2, 0) is 26.6 Å². The number of thiophene rings is 1. The number of carbonyl (C=O) groups excluding carboxylic acids is 2. The molecule has 0 saturated carbocycles. The second-order valence-electron chi connectivity index (χ2n) is 7.27. The molecule has 2 aromatic heterocycles. The number of primary amides is 1. The lowest BCUT2D eigenvalue weighted by Gasteiger charge is -2.27. The number of hydrogen-bond donors (Lipinski definition) is 2. The molecule has 29 heavy (non-hydrogen) atoms. The SMILES string of the molecule is Cc1cc(C(=O)Nc2sc3c(c2C(N)=O)CCN(Cc2ccccc2)C3)n(C)n1. The smallest absolute Gasteiger partial charge is 0.274 e. The molecule has 0 bridgehead atoms. The highest BCUT2D eigenvalue weighted by Gasteiger charge is 2.28. The van der Waals surface area contributed by atoms with Crippen molar-refractivity contribution in [2.75, 3.05) is 11.9 Å². The zero-order chi connectivity index (χ0) is 20.5. The number of amides is 2. The zero-order valence-electron chi connectivity index (χ0n) is 16.4. The second-order valence-corrected chi connectivity index (χ2v) is 8.37. The van der Waals surface area contributed by atoms with Gasteiger partial charge in [0.15, 0.2) is 0 Å². The third-order valence-electron chi connectivity index (χ3n) is 5.09. The molecule has 7 nitrogen and oxygen atoms in total. The van der Waals surface area contributed by atoms with E-state index in [0.29, 0.717) is 16.3 Å². The topological polar surface area (TPSA) is 93.2 Å². The quantitative estimate of drug-likeness (QED) is 0.678. The average Bonchev–Trinajstić information content (AvgIpc) is 3.20. The zero-order valence-corrected chi connectivity index (χ0v) is 17.3. The van der Waals surface area contributed by atoms with Gasteiger partial charge >= 0.3 is 0 Å². The minimum absolute atomic E-state index is 0.296. The fourth-order valence-corrected chi connectivity index (χ4v) is 5.06. The molecule has 4 rings (SSSR count). The van der Waals surface area contributed by atoms with Gasteiger partial charge in [-0.15, -0.1) is 11.3 Å². The van der Waals surface area contributed by atoms with Crippen LogP contribution in [0.2, 0.25) is 0 Å². The van der Waals surface area contributed by atoms with Crippen LogP contribution >= 0.6 is 11.3 Å². The van der Waals surface area contributed by atoms with Crippen molar-refractivity contribution in [2.45, 2.75) is 26.4 Å². The first-order valence-electron chi connectivity index (χ1n) is 9.45. The summed E-state index contributed by atoms with van der Waals surface area (Å²) in [5, 5.41) is 7.61. The number of anilines is 1. The summed E-state index contributed by atoms with van der Waals surface area (Å²) in [6, 6.07) is 12.0. The van der Waals surface area contributed by atoms with E-state index in [1.807, 2.05) is 25.1 Å². The van der Waals surface area contributed by atoms with Crippen molar-refractivity contribution < 1.29 is 9.59 Å². The van der Waals surface area contributed by atoms with E-state index >= 15 is 0 Å². The maximum Gasteiger partial charge on any atom is 0.274 e. The van der Waals surface area contributed by atoms with Crippen molar-refractivity contribution in [2.24, 2.45) is 12.8 Å². The van der Waals surface area contributed by atoms with Gasteiger partial charge in [0.1, 0.15) is 10.7 Å². The number of nitrogens with one attached hydrogen (secondary N) is 1. The van der Waals surface area contributed by atoms with Crippen molar-refractivity contribution in [3.63, 3.8) is 0 Å². The van der Waals surface area contributed by atoms with Crippen molar-refractivity contribution in [1.82, 2.24) is 14.7 Å². The van der Waals surface area contributed by atoms with E-state index in [4.69, 9.17) is 5.73 Å². The maximum absolute atomic E-state index is 12.7. The molecular weight excluding hydrogens is 386 g/mol. The van der Waals surface area contributed by atoms with Crippen LogP contribution in [0.5, 0.6) is 0 Å². The molecule has 1 aliphatic heterocycles. The molecule has 0 fully saturated rings. The van der Waals surface area contributed by atoms with Crippen molar-refractivity contribution in [1.29, 1.82) is 0 Å². The number of nitrogens with two attached hydrogens (primary N) is 1. The molecule has 0 spiro atoms. The molecule has 1 aromatic carbocycles. The molecule has 0 aliphatic carbocycles. The van der Waals surface area contributed by atoms with E-state index in [1.165, 1.54) is 21.6 Å². The molecule has 150 valence electrons. The van der Waals surface area contributed by atoms with E-state index in [0.717, 1.165) is 42.2 Å². The standard InChI is InChI=1S/C21H23N5O2S/c1-13-10-16(25(2)24-13)20(28)23-21-18(19(22)27)15-8-9-26(12-17(15)29-21)11-14-6-4-3-5-7-14/h3-7,10H,8-9,11-12H2,1-2H3,(H2,22,27)(H,23,28). The normalized spacial score (nSPS) is 13.9. The van der Waals surface area contributed by atoms with Crippen LogP contribution in [-0.4, -0.2) is 33.0 Å². The van der Waals surface area contributed by atoms with Crippen LogP contribution in [0.1, 0.15) is 42.5 Å². The van der Waals surface area contributed by atoms with Gasteiger partial charge in [-0.2, -0.15) is 5.10 Å². The molecule has 8 heteroatoms. The van der Waals surface area contributed by atoms with Gasteiger partial charge in [-0.1, -0.05) is 30.3 Å². The van der Waals surface area contributed by atoms with Gasteiger partial charge in [0.25, 0.3) is 11.8 Å². The van der Waals surface area contributed by atoms with E-state index in [2.05, 4.69) is 27.4 Å². The number of hydrogen-bond acceptors (Lipinski definition) is 5. The predicted molar refractivity (Wildman–Crippen MR) is 113 cm³/mol. The summed E-state index contributed by atoms with van der Waals surface area (Å²) in [5.41, 5.74) is 9.53. The van der Waals surface area contributed by atoms with Crippen LogP contribution in [0.25, 0.3) is 0 Å². The summed E-state index contributed by atoms with van der Waals surface area (Å²) in [7, 11) is 1.72. The summed E-state index contributed by atoms with van der Waals surface area (Å²) in [6.45, 7) is 4.25. The Hall–Kier alpha value is -2.97. The Bertz CT molecular complexity index is 1070. The lowest BCUT2D eigenvalue weighted by atomic mass is 10.0. The number of carbonyl (C=O) groups is 2. The molecule has 0 radical (unpaired) electrons. The summed E-state index contributed by atoms with van der Waals surface area (Å²) >= 11 is 1.44. The third kappa shape index (κ3) is 3.94. The van der Waals surface area contributed by atoms with Crippen LogP contribution in [0, 0.1) is 6.92 Å². The lowest BCUT2D eigenvalue weighted by molar-refractivity contribution is 0.0999. The number of benzene rings is 1. The Labute approximate surface area is 173 Å². The molecule has 3 heterocycles. The average molecular weight is 410 g/mol. The molecule has 2 amide bonds. The van der Waals surface area contributed by atoms with E-state index < -0.39 is 5.91 Å². The first kappa shape index (κ1) is 19.4. The van der Waals surface area contributed by atoms with Crippen molar-refractivity contribution in [3.8, 4) is 0 Å². The molecule has 0 atom stereocenters. The van der Waals surface area contributed by atoms with Crippen LogP contribution in [0.3, 0.4) is 0 Å². The fourth-order valence-electron chi connectivity index (χ4n) is 3.77. The highest BCUT2D eigenvalue weighted by Crippen LogP contribution is 2.37. The fraction of sp³-hybridized carbons (Fsp3) is 0.286. The maximum atomic E-state index is 12.7. The highest BCUT2D eigenvalue weighted by molar-refractivity contribution is 7.17. The predicted octanol–water partition coefficient (Wildman–Crippen LogP) is 2.70. The minimum atomic E-state index is -0.504. The molecule has 3 N–H and O–H groups in total. The number of aromatic nitrogens is 2. The third-order valence-corrected chi connectivity index (χ3v) is 6.23. The largest absolute Gasteiger partial charge is 0.365 e. The summed E-state index contributed by atoms with van der Waals surface area (Å²) < 4.78 is 1.53. The molecule has 1 aliphatic rings. The molecule has 0 unspecified atom stereocenters. The van der Waals surface area contributed by atoms with Crippen molar-refractivity contribution in [3.05, 3.63) is 69.4 Å². The number of aryl methyl sites for hydroxylation is 2. The Morgan fingerprint density at radius 1 is 1.28 bits per heavy atom. The van der Waals surface area contributed by atoms with Gasteiger partial charge in [0.05, 0.1) is 11.3 Å². The number of rotatable bonds is 5. The van der Waals surface area contributed by atoms with E-state index in [9.17, 15) is 9.59 Å². The van der Waals surface area contributed by atoms with Gasteiger partial charge < -0.3 is 11.1 Å². The number of fused-ring (bicyclic) bond motifs is 1.